The van der Waals surface area contributed by atoms with Crippen LogP contribution in [0.5, 0.6) is 11.5 Å². The minimum atomic E-state index is -0.409. The van der Waals surface area contributed by atoms with Crippen molar-refractivity contribution < 1.29 is 23.8 Å². The van der Waals surface area contributed by atoms with Gasteiger partial charge in [-0.2, -0.15) is 0 Å². The monoisotopic (exact) mass is 470 g/mol. The van der Waals surface area contributed by atoms with Crippen molar-refractivity contribution in [3.63, 3.8) is 0 Å². The first-order chi connectivity index (χ1) is 16.3. The molecule has 2 aromatic carbocycles. The predicted octanol–water partition coefficient (Wildman–Crippen LogP) is 3.43. The number of fused-ring (bicyclic) bond motifs is 1. The lowest BCUT2D eigenvalue weighted by atomic mass is 10.0. The number of carbonyl (C=O) groups excluding carboxylic acids is 2. The molecule has 3 atom stereocenters. The topological polar surface area (TPSA) is 101 Å². The van der Waals surface area contributed by atoms with E-state index in [0.29, 0.717) is 41.6 Å². The predicted molar refractivity (Wildman–Crippen MR) is 132 cm³/mol. The highest BCUT2D eigenvalue weighted by molar-refractivity contribution is 6.01. The molecule has 3 N–H and O–H groups in total. The molecule has 0 bridgehead atoms. The molecule has 1 aliphatic rings. The molecule has 0 aromatic heterocycles. The Morgan fingerprint density at radius 3 is 2.44 bits per heavy atom. The molecule has 0 saturated heterocycles. The highest BCUT2D eigenvalue weighted by Gasteiger charge is 2.25. The van der Waals surface area contributed by atoms with Crippen LogP contribution in [-0.4, -0.2) is 69.9 Å². The minimum absolute atomic E-state index is 0.0649. The van der Waals surface area contributed by atoms with Crippen molar-refractivity contribution in [3.05, 3.63) is 48.0 Å². The lowest BCUT2D eigenvalue weighted by Gasteiger charge is -2.30. The number of carbonyl (C=O) groups is 2. The van der Waals surface area contributed by atoms with E-state index in [1.54, 1.807) is 68.6 Å². The molecule has 3 rings (SSSR count). The second-order valence-corrected chi connectivity index (χ2v) is 8.58. The van der Waals surface area contributed by atoms with Gasteiger partial charge >= 0.3 is 6.03 Å². The summed E-state index contributed by atoms with van der Waals surface area (Å²) in [6.45, 7) is 5.69. The van der Waals surface area contributed by atoms with Gasteiger partial charge in [0, 0.05) is 50.7 Å². The van der Waals surface area contributed by atoms with Gasteiger partial charge in [0.25, 0.3) is 5.91 Å². The Bertz CT molecular complexity index is 982. The van der Waals surface area contributed by atoms with Gasteiger partial charge in [-0.25, -0.2) is 4.79 Å². The van der Waals surface area contributed by atoms with Gasteiger partial charge in [0.05, 0.1) is 18.8 Å². The molecule has 0 saturated carbocycles. The third kappa shape index (κ3) is 6.61. The van der Waals surface area contributed by atoms with E-state index in [0.717, 1.165) is 6.54 Å². The third-order valence-corrected chi connectivity index (χ3v) is 5.83. The van der Waals surface area contributed by atoms with Crippen LogP contribution in [0.4, 0.5) is 16.2 Å². The summed E-state index contributed by atoms with van der Waals surface area (Å²) in [6, 6.07) is 11.7. The van der Waals surface area contributed by atoms with Crippen molar-refractivity contribution in [2.45, 2.75) is 26.0 Å². The summed E-state index contributed by atoms with van der Waals surface area (Å²) < 4.78 is 16.8. The van der Waals surface area contributed by atoms with Gasteiger partial charge in [-0.1, -0.05) is 6.92 Å². The number of benzene rings is 2. The molecule has 9 heteroatoms. The minimum Gasteiger partial charge on any atom is -0.497 e. The molecule has 1 heterocycles. The van der Waals surface area contributed by atoms with Crippen LogP contribution in [0.1, 0.15) is 24.2 Å². The van der Waals surface area contributed by atoms with Crippen LogP contribution in [0, 0.1) is 5.92 Å². The van der Waals surface area contributed by atoms with E-state index < -0.39 is 6.03 Å². The van der Waals surface area contributed by atoms with Gasteiger partial charge in [0.15, 0.2) is 0 Å². The van der Waals surface area contributed by atoms with Crippen LogP contribution in [0.25, 0.3) is 0 Å². The third-order valence-electron chi connectivity index (χ3n) is 5.83. The standard InChI is InChI=1S/C25H34N4O5/c1-16-13-26-17(2)15-34-22-12-19(8-11-21(22)24(30)29(3)14-23(16)33-5)28-25(31)27-18-6-9-20(32-4)10-7-18/h6-12,16-17,23,26H,13-15H2,1-5H3,(H2,27,28,31)/t16-,17-,23-/m1/s1. The maximum atomic E-state index is 13.2. The first-order valence-corrected chi connectivity index (χ1v) is 11.3. The molecule has 34 heavy (non-hydrogen) atoms. The number of methoxy groups -OCH3 is 2. The van der Waals surface area contributed by atoms with Crippen molar-refractivity contribution in [3.8, 4) is 11.5 Å². The molecule has 0 radical (unpaired) electrons. The van der Waals surface area contributed by atoms with Crippen LogP contribution in [0.2, 0.25) is 0 Å². The van der Waals surface area contributed by atoms with Crippen molar-refractivity contribution in [1.29, 1.82) is 0 Å². The number of nitrogens with one attached hydrogen (secondary N) is 3. The maximum Gasteiger partial charge on any atom is 0.323 e. The van der Waals surface area contributed by atoms with Crippen LogP contribution < -0.4 is 25.4 Å². The van der Waals surface area contributed by atoms with E-state index in [2.05, 4.69) is 22.9 Å². The fourth-order valence-corrected chi connectivity index (χ4v) is 3.70. The number of likely N-dealkylation sites (N-methyl/N-ethyl adjacent to an activating group) is 1. The highest BCUT2D eigenvalue weighted by atomic mass is 16.5. The van der Waals surface area contributed by atoms with Crippen molar-refractivity contribution >= 4 is 23.3 Å². The molecule has 3 amide bonds. The van der Waals surface area contributed by atoms with E-state index in [1.165, 1.54) is 0 Å². The Kier molecular flexibility index (Phi) is 8.72. The number of rotatable bonds is 4. The zero-order valence-electron chi connectivity index (χ0n) is 20.4. The summed E-state index contributed by atoms with van der Waals surface area (Å²) in [4.78, 5) is 27.3. The highest BCUT2D eigenvalue weighted by Crippen LogP contribution is 2.26. The molecular weight excluding hydrogens is 436 g/mol. The number of hydrogen-bond donors (Lipinski definition) is 3. The van der Waals surface area contributed by atoms with Gasteiger partial charge < -0.3 is 35.1 Å². The Morgan fingerprint density at radius 1 is 1.09 bits per heavy atom. The number of urea groups is 1. The fraction of sp³-hybridized carbons (Fsp3) is 0.440. The molecular formula is C25H34N4O5. The molecule has 0 unspecified atom stereocenters. The van der Waals surface area contributed by atoms with Crippen molar-refractivity contribution in [1.82, 2.24) is 10.2 Å². The molecule has 0 spiro atoms. The largest absolute Gasteiger partial charge is 0.497 e. The van der Waals surface area contributed by atoms with Crippen LogP contribution >= 0.6 is 0 Å². The average molecular weight is 471 g/mol. The molecule has 0 aliphatic carbocycles. The maximum absolute atomic E-state index is 13.2. The Hall–Kier alpha value is -3.30. The molecule has 9 nitrogen and oxygen atoms in total. The second kappa shape index (κ2) is 11.7. The first-order valence-electron chi connectivity index (χ1n) is 11.3. The second-order valence-electron chi connectivity index (χ2n) is 8.58. The van der Waals surface area contributed by atoms with Crippen LogP contribution in [0.3, 0.4) is 0 Å². The average Bonchev–Trinajstić information content (AvgIpc) is 2.83. The molecule has 1 aliphatic heterocycles. The Balaban J connectivity index is 1.78. The van der Waals surface area contributed by atoms with Crippen molar-refractivity contribution in [2.24, 2.45) is 5.92 Å². The molecule has 0 fully saturated rings. The number of nitrogens with zero attached hydrogens (tertiary/aromatic N) is 1. The number of hydrogen-bond acceptors (Lipinski definition) is 6. The lowest BCUT2D eigenvalue weighted by molar-refractivity contribution is 0.0281. The van der Waals surface area contributed by atoms with Gasteiger partial charge in [-0.15, -0.1) is 0 Å². The summed E-state index contributed by atoms with van der Waals surface area (Å²) >= 11 is 0. The Morgan fingerprint density at radius 2 is 1.76 bits per heavy atom. The zero-order valence-corrected chi connectivity index (χ0v) is 20.4. The first kappa shape index (κ1) is 25.3. The number of amides is 3. The Labute approximate surface area is 200 Å². The summed E-state index contributed by atoms with van der Waals surface area (Å²) in [6.07, 6.45) is -0.0972. The number of ether oxygens (including phenoxy) is 3. The van der Waals surface area contributed by atoms with E-state index in [1.807, 2.05) is 6.92 Å². The van der Waals surface area contributed by atoms with E-state index in [-0.39, 0.29) is 24.0 Å². The summed E-state index contributed by atoms with van der Waals surface area (Å²) in [5.74, 6) is 1.17. The van der Waals surface area contributed by atoms with Gasteiger partial charge in [-0.05, 0) is 49.2 Å². The van der Waals surface area contributed by atoms with Crippen molar-refractivity contribution in [2.75, 3.05) is 51.6 Å². The fourth-order valence-electron chi connectivity index (χ4n) is 3.70. The van der Waals surface area contributed by atoms with Crippen LogP contribution in [-0.2, 0) is 4.74 Å². The smallest absolute Gasteiger partial charge is 0.323 e. The van der Waals surface area contributed by atoms with Gasteiger partial charge in [0.2, 0.25) is 0 Å². The summed E-state index contributed by atoms with van der Waals surface area (Å²) in [5, 5.41) is 9.02. The summed E-state index contributed by atoms with van der Waals surface area (Å²) in [7, 11) is 5.00. The van der Waals surface area contributed by atoms with E-state index in [9.17, 15) is 9.59 Å². The SMILES string of the molecule is COc1ccc(NC(=O)Nc2ccc3c(c2)OC[C@@H](C)NC[C@@H](C)[C@H](OC)CN(C)C3=O)cc1. The normalized spacial score (nSPS) is 21.4. The molecule has 184 valence electrons. The quantitative estimate of drug-likeness (QED) is 0.633. The van der Waals surface area contributed by atoms with E-state index >= 15 is 0 Å². The van der Waals surface area contributed by atoms with E-state index in [4.69, 9.17) is 14.2 Å². The lowest BCUT2D eigenvalue weighted by Crippen LogP contribution is -2.44. The zero-order chi connectivity index (χ0) is 24.7. The summed E-state index contributed by atoms with van der Waals surface area (Å²) in [5.41, 5.74) is 1.56. The van der Waals surface area contributed by atoms with Crippen LogP contribution in [0.15, 0.2) is 42.5 Å². The molecule has 2 aromatic rings. The number of anilines is 2. The van der Waals surface area contributed by atoms with Gasteiger partial charge in [0.1, 0.15) is 18.1 Å². The van der Waals surface area contributed by atoms with Gasteiger partial charge in [-0.3, -0.25) is 4.79 Å².